The van der Waals surface area contributed by atoms with Gasteiger partial charge in [0.15, 0.2) is 9.84 Å². The van der Waals surface area contributed by atoms with Crippen molar-refractivity contribution >= 4 is 21.7 Å². The Balaban J connectivity index is 1.80. The van der Waals surface area contributed by atoms with Crippen LogP contribution in [0.2, 0.25) is 0 Å². The number of hydrogen-bond acceptors (Lipinski definition) is 6. The second-order valence-corrected chi connectivity index (χ2v) is 8.34. The number of hydrogen-bond donors (Lipinski definition) is 1. The smallest absolute Gasteiger partial charge is 0.270 e. The summed E-state index contributed by atoms with van der Waals surface area (Å²) >= 11 is 0. The minimum Gasteiger partial charge on any atom is -0.348 e. The molecule has 1 atom stereocenters. The average Bonchev–Trinajstić information content (AvgIpc) is 3.18. The Kier molecular flexibility index (Phi) is 3.80. The van der Waals surface area contributed by atoms with Crippen LogP contribution in [0.3, 0.4) is 0 Å². The van der Waals surface area contributed by atoms with Gasteiger partial charge in [0.2, 0.25) is 5.95 Å². The van der Waals surface area contributed by atoms with E-state index in [2.05, 4.69) is 15.3 Å². The van der Waals surface area contributed by atoms with E-state index in [4.69, 9.17) is 0 Å². The fourth-order valence-electron chi connectivity index (χ4n) is 2.56. The van der Waals surface area contributed by atoms with Gasteiger partial charge in [-0.1, -0.05) is 0 Å². The van der Waals surface area contributed by atoms with Crippen molar-refractivity contribution in [2.24, 2.45) is 0 Å². The highest BCUT2D eigenvalue weighted by molar-refractivity contribution is 7.91. The number of aromatic nitrogens is 2. The Bertz CT molecular complexity index is 700. The third-order valence-electron chi connectivity index (χ3n) is 4.06. The van der Waals surface area contributed by atoms with Gasteiger partial charge in [0.25, 0.3) is 5.91 Å². The molecule has 1 aliphatic heterocycles. The number of sulfone groups is 1. The van der Waals surface area contributed by atoms with Gasteiger partial charge < -0.3 is 10.2 Å². The molecule has 8 heteroatoms. The molecule has 1 aromatic heterocycles. The van der Waals surface area contributed by atoms with E-state index in [9.17, 15) is 13.2 Å². The molecule has 1 amide bonds. The fourth-order valence-corrected chi connectivity index (χ4v) is 4.33. The molecule has 1 aliphatic carbocycles. The van der Waals surface area contributed by atoms with Gasteiger partial charge in [-0.3, -0.25) is 4.79 Å². The maximum atomic E-state index is 12.1. The summed E-state index contributed by atoms with van der Waals surface area (Å²) in [5.41, 5.74) is 1.03. The highest BCUT2D eigenvalue weighted by Crippen LogP contribution is 2.22. The molecule has 120 valence electrons. The van der Waals surface area contributed by atoms with Crippen molar-refractivity contribution in [1.29, 1.82) is 0 Å². The molecule has 2 heterocycles. The number of rotatable bonds is 4. The molecule has 0 spiro atoms. The maximum Gasteiger partial charge on any atom is 0.270 e. The first-order valence-corrected chi connectivity index (χ1v) is 9.26. The Morgan fingerprint density at radius 1 is 1.32 bits per heavy atom. The van der Waals surface area contributed by atoms with Crippen molar-refractivity contribution in [1.82, 2.24) is 15.3 Å². The number of nitrogens with zero attached hydrogens (tertiary/aromatic N) is 3. The Morgan fingerprint density at radius 3 is 2.64 bits per heavy atom. The Hall–Kier alpha value is -1.70. The molecular formula is C14H20N4O3S. The van der Waals surface area contributed by atoms with E-state index in [-0.39, 0.29) is 29.5 Å². The standard InChI is InChI=1S/C14H20N4O3S/c1-9-7-12(13(19)16-10-3-4-10)17-14(15-9)18(2)11-5-6-22(20,21)8-11/h7,10-11H,3-6,8H2,1-2H3,(H,16,19). The zero-order valence-electron chi connectivity index (χ0n) is 12.7. The minimum atomic E-state index is -2.97. The van der Waals surface area contributed by atoms with Crippen LogP contribution in [0.1, 0.15) is 35.4 Å². The molecule has 1 N–H and O–H groups in total. The third kappa shape index (κ3) is 3.37. The van der Waals surface area contributed by atoms with Crippen molar-refractivity contribution in [2.45, 2.75) is 38.3 Å². The van der Waals surface area contributed by atoms with Gasteiger partial charge in [0.1, 0.15) is 5.69 Å². The van der Waals surface area contributed by atoms with Crippen molar-refractivity contribution in [3.05, 3.63) is 17.5 Å². The normalized spacial score (nSPS) is 23.3. The second-order valence-electron chi connectivity index (χ2n) is 6.11. The molecule has 22 heavy (non-hydrogen) atoms. The van der Waals surface area contributed by atoms with Crippen LogP contribution in [0.4, 0.5) is 5.95 Å². The van der Waals surface area contributed by atoms with Crippen LogP contribution in [0.25, 0.3) is 0 Å². The summed E-state index contributed by atoms with van der Waals surface area (Å²) in [6.07, 6.45) is 2.60. The number of anilines is 1. The van der Waals surface area contributed by atoms with Gasteiger partial charge in [-0.25, -0.2) is 18.4 Å². The minimum absolute atomic E-state index is 0.115. The highest BCUT2D eigenvalue weighted by Gasteiger charge is 2.32. The SMILES string of the molecule is Cc1cc(C(=O)NC2CC2)nc(N(C)C2CCS(=O)(=O)C2)n1. The Labute approximate surface area is 130 Å². The summed E-state index contributed by atoms with van der Waals surface area (Å²) in [6, 6.07) is 1.79. The van der Waals surface area contributed by atoms with E-state index in [0.29, 0.717) is 23.8 Å². The lowest BCUT2D eigenvalue weighted by Gasteiger charge is -2.23. The van der Waals surface area contributed by atoms with E-state index >= 15 is 0 Å². The van der Waals surface area contributed by atoms with Crippen LogP contribution in [-0.2, 0) is 9.84 Å². The lowest BCUT2D eigenvalue weighted by atomic mass is 10.2. The molecule has 1 aromatic rings. The van der Waals surface area contributed by atoms with E-state index < -0.39 is 9.84 Å². The predicted octanol–water partition coefficient (Wildman–Crippen LogP) is 0.301. The van der Waals surface area contributed by atoms with E-state index in [1.807, 2.05) is 0 Å². The van der Waals surface area contributed by atoms with Crippen LogP contribution < -0.4 is 10.2 Å². The zero-order valence-corrected chi connectivity index (χ0v) is 13.6. The number of carbonyl (C=O) groups excluding carboxylic acids is 1. The van der Waals surface area contributed by atoms with Gasteiger partial charge in [-0.2, -0.15) is 0 Å². The molecular weight excluding hydrogens is 304 g/mol. The molecule has 7 nitrogen and oxygen atoms in total. The first-order valence-electron chi connectivity index (χ1n) is 7.44. The summed E-state index contributed by atoms with van der Waals surface area (Å²) in [5, 5.41) is 2.90. The van der Waals surface area contributed by atoms with Crippen LogP contribution in [0.15, 0.2) is 6.07 Å². The van der Waals surface area contributed by atoms with Crippen LogP contribution >= 0.6 is 0 Å². The van der Waals surface area contributed by atoms with E-state index in [1.165, 1.54) is 0 Å². The molecule has 1 unspecified atom stereocenters. The van der Waals surface area contributed by atoms with Gasteiger partial charge in [-0.15, -0.1) is 0 Å². The average molecular weight is 324 g/mol. The van der Waals surface area contributed by atoms with Crippen molar-refractivity contribution in [3.8, 4) is 0 Å². The van der Waals surface area contributed by atoms with Gasteiger partial charge in [-0.05, 0) is 32.3 Å². The molecule has 2 aliphatic rings. The third-order valence-corrected chi connectivity index (χ3v) is 5.81. The summed E-state index contributed by atoms with van der Waals surface area (Å²) in [5.74, 6) is 0.525. The second kappa shape index (κ2) is 5.49. The maximum absolute atomic E-state index is 12.1. The first-order chi connectivity index (χ1) is 10.3. The zero-order chi connectivity index (χ0) is 15.9. The van der Waals surface area contributed by atoms with Gasteiger partial charge in [0, 0.05) is 24.8 Å². The van der Waals surface area contributed by atoms with Gasteiger partial charge >= 0.3 is 0 Å². The number of amides is 1. The molecule has 0 bridgehead atoms. The molecule has 0 radical (unpaired) electrons. The molecule has 3 rings (SSSR count). The largest absolute Gasteiger partial charge is 0.348 e. The van der Waals surface area contributed by atoms with E-state index in [0.717, 1.165) is 12.8 Å². The first kappa shape index (κ1) is 15.2. The quantitative estimate of drug-likeness (QED) is 0.856. The van der Waals surface area contributed by atoms with Crippen molar-refractivity contribution in [3.63, 3.8) is 0 Å². The van der Waals surface area contributed by atoms with Crippen LogP contribution in [0.5, 0.6) is 0 Å². The molecule has 2 fully saturated rings. The summed E-state index contributed by atoms with van der Waals surface area (Å²) in [7, 11) is -1.19. The molecule has 1 saturated carbocycles. The highest BCUT2D eigenvalue weighted by atomic mass is 32.2. The Morgan fingerprint density at radius 2 is 2.05 bits per heavy atom. The van der Waals surface area contributed by atoms with Gasteiger partial charge in [0.05, 0.1) is 11.5 Å². The number of aryl methyl sites for hydroxylation is 1. The summed E-state index contributed by atoms with van der Waals surface area (Å²) < 4.78 is 23.2. The summed E-state index contributed by atoms with van der Waals surface area (Å²) in [6.45, 7) is 1.80. The lowest BCUT2D eigenvalue weighted by Crippen LogP contribution is -2.35. The van der Waals surface area contributed by atoms with Crippen molar-refractivity contribution in [2.75, 3.05) is 23.5 Å². The van der Waals surface area contributed by atoms with Crippen molar-refractivity contribution < 1.29 is 13.2 Å². The lowest BCUT2D eigenvalue weighted by molar-refractivity contribution is 0.0946. The van der Waals surface area contributed by atoms with Crippen LogP contribution in [0, 0.1) is 6.92 Å². The number of carbonyl (C=O) groups is 1. The molecule has 0 aromatic carbocycles. The predicted molar refractivity (Wildman–Crippen MR) is 82.7 cm³/mol. The molecule has 1 saturated heterocycles. The monoisotopic (exact) mass is 324 g/mol. The fraction of sp³-hybridized carbons (Fsp3) is 0.643. The van der Waals surface area contributed by atoms with Crippen LogP contribution in [-0.4, -0.2) is 54.9 Å². The summed E-state index contributed by atoms with van der Waals surface area (Å²) in [4.78, 5) is 22.6. The number of nitrogens with one attached hydrogen (secondary N) is 1. The topological polar surface area (TPSA) is 92.3 Å². The van der Waals surface area contributed by atoms with E-state index in [1.54, 1.807) is 24.9 Å².